The molecule has 0 aliphatic carbocycles. The SMILES string of the molecule is CCCCCn1c(SCc2ccccc2C(F)(F)F)nc2ccccc2c1=O. The number of hydrogen-bond donors (Lipinski definition) is 0. The standard InChI is InChI=1S/C21H21F3N2OS/c1-2-3-8-13-26-19(27)16-10-5-7-12-18(16)25-20(26)28-14-15-9-4-6-11-17(15)21(22,23)24/h4-7,9-12H,2-3,8,13-14H2,1H3. The summed E-state index contributed by atoms with van der Waals surface area (Å²) in [5.74, 6) is 0.0915. The van der Waals surface area contributed by atoms with Crippen molar-refractivity contribution < 1.29 is 13.2 Å². The molecule has 0 amide bonds. The summed E-state index contributed by atoms with van der Waals surface area (Å²) in [6.45, 7) is 2.58. The van der Waals surface area contributed by atoms with Gasteiger partial charge in [0.05, 0.1) is 16.5 Å². The first-order chi connectivity index (χ1) is 13.4. The molecule has 0 N–H and O–H groups in total. The Hall–Kier alpha value is -2.28. The summed E-state index contributed by atoms with van der Waals surface area (Å²) in [5, 5.41) is 0.982. The maximum absolute atomic E-state index is 13.3. The second-order valence-corrected chi connectivity index (χ2v) is 7.46. The average Bonchev–Trinajstić information content (AvgIpc) is 2.68. The lowest BCUT2D eigenvalue weighted by molar-refractivity contribution is -0.138. The van der Waals surface area contributed by atoms with E-state index < -0.39 is 11.7 Å². The monoisotopic (exact) mass is 406 g/mol. The molecule has 3 rings (SSSR count). The molecule has 3 aromatic rings. The Morgan fingerprint density at radius 3 is 2.50 bits per heavy atom. The highest BCUT2D eigenvalue weighted by atomic mass is 32.2. The van der Waals surface area contributed by atoms with E-state index in [1.165, 1.54) is 23.9 Å². The summed E-state index contributed by atoms with van der Waals surface area (Å²) >= 11 is 1.17. The summed E-state index contributed by atoms with van der Waals surface area (Å²) in [5.41, 5.74) is -0.0511. The van der Waals surface area contributed by atoms with Gasteiger partial charge in [-0.1, -0.05) is 61.9 Å². The van der Waals surface area contributed by atoms with E-state index in [0.29, 0.717) is 22.6 Å². The number of para-hydroxylation sites is 1. The second kappa shape index (κ2) is 8.82. The molecule has 0 aliphatic rings. The Morgan fingerprint density at radius 1 is 1.04 bits per heavy atom. The van der Waals surface area contributed by atoms with Crippen LogP contribution in [-0.2, 0) is 18.5 Å². The van der Waals surface area contributed by atoms with Crippen molar-refractivity contribution in [2.45, 2.75) is 49.8 Å². The quantitative estimate of drug-likeness (QED) is 0.278. The predicted octanol–water partition coefficient (Wildman–Crippen LogP) is 5.90. The highest BCUT2D eigenvalue weighted by Crippen LogP contribution is 2.34. The molecular formula is C21H21F3N2OS. The van der Waals surface area contributed by atoms with Gasteiger partial charge < -0.3 is 0 Å². The molecule has 28 heavy (non-hydrogen) atoms. The minimum Gasteiger partial charge on any atom is -0.287 e. The number of nitrogens with zero attached hydrogens (tertiary/aromatic N) is 2. The minimum absolute atomic E-state index is 0.0915. The molecule has 0 bridgehead atoms. The van der Waals surface area contributed by atoms with Gasteiger partial charge in [0, 0.05) is 12.3 Å². The maximum Gasteiger partial charge on any atom is 0.416 e. The highest BCUT2D eigenvalue weighted by molar-refractivity contribution is 7.98. The van der Waals surface area contributed by atoms with Crippen molar-refractivity contribution >= 4 is 22.7 Å². The van der Waals surface area contributed by atoms with Crippen LogP contribution in [0.1, 0.15) is 37.3 Å². The van der Waals surface area contributed by atoms with Crippen molar-refractivity contribution in [1.29, 1.82) is 0 Å². The Bertz CT molecular complexity index is 1010. The van der Waals surface area contributed by atoms with Crippen LogP contribution in [-0.4, -0.2) is 9.55 Å². The van der Waals surface area contributed by atoms with Gasteiger partial charge in [-0.25, -0.2) is 4.98 Å². The van der Waals surface area contributed by atoms with Crippen molar-refractivity contribution in [2.24, 2.45) is 0 Å². The van der Waals surface area contributed by atoms with Crippen LogP contribution in [0.15, 0.2) is 58.5 Å². The van der Waals surface area contributed by atoms with E-state index in [4.69, 9.17) is 0 Å². The molecule has 1 aromatic heterocycles. The topological polar surface area (TPSA) is 34.9 Å². The van der Waals surface area contributed by atoms with Gasteiger partial charge in [0.25, 0.3) is 5.56 Å². The van der Waals surface area contributed by atoms with E-state index >= 15 is 0 Å². The first-order valence-electron chi connectivity index (χ1n) is 9.19. The van der Waals surface area contributed by atoms with Crippen molar-refractivity contribution in [2.75, 3.05) is 0 Å². The number of hydrogen-bond acceptors (Lipinski definition) is 3. The van der Waals surface area contributed by atoms with Gasteiger partial charge in [-0.3, -0.25) is 9.36 Å². The summed E-state index contributed by atoms with van der Waals surface area (Å²) in [6, 6.07) is 12.6. The molecular weight excluding hydrogens is 385 g/mol. The molecule has 0 spiro atoms. The third-order valence-electron chi connectivity index (χ3n) is 4.49. The van der Waals surface area contributed by atoms with Gasteiger partial charge in [-0.05, 0) is 30.2 Å². The lowest BCUT2D eigenvalue weighted by Gasteiger charge is -2.15. The van der Waals surface area contributed by atoms with Gasteiger partial charge in [0.15, 0.2) is 5.16 Å². The molecule has 2 aromatic carbocycles. The van der Waals surface area contributed by atoms with Crippen LogP contribution in [0.25, 0.3) is 10.9 Å². The number of aromatic nitrogens is 2. The van der Waals surface area contributed by atoms with Crippen LogP contribution < -0.4 is 5.56 Å². The predicted molar refractivity (Wildman–Crippen MR) is 107 cm³/mol. The van der Waals surface area contributed by atoms with E-state index in [0.717, 1.165) is 25.3 Å². The van der Waals surface area contributed by atoms with Crippen LogP contribution in [0.3, 0.4) is 0 Å². The lowest BCUT2D eigenvalue weighted by atomic mass is 10.1. The molecule has 0 unspecified atom stereocenters. The van der Waals surface area contributed by atoms with Gasteiger partial charge in [-0.15, -0.1) is 0 Å². The summed E-state index contributed by atoms with van der Waals surface area (Å²) in [4.78, 5) is 17.5. The molecule has 0 saturated carbocycles. The molecule has 0 aliphatic heterocycles. The van der Waals surface area contributed by atoms with E-state index in [9.17, 15) is 18.0 Å². The number of alkyl halides is 3. The number of rotatable bonds is 7. The maximum atomic E-state index is 13.3. The van der Waals surface area contributed by atoms with Gasteiger partial charge in [0.2, 0.25) is 0 Å². The molecule has 0 fully saturated rings. The smallest absolute Gasteiger partial charge is 0.287 e. The zero-order valence-electron chi connectivity index (χ0n) is 15.5. The van der Waals surface area contributed by atoms with Crippen LogP contribution in [0, 0.1) is 0 Å². The largest absolute Gasteiger partial charge is 0.416 e. The third-order valence-corrected chi connectivity index (χ3v) is 5.52. The number of thioether (sulfide) groups is 1. The van der Waals surface area contributed by atoms with Gasteiger partial charge in [0.1, 0.15) is 0 Å². The number of unbranched alkanes of at least 4 members (excludes halogenated alkanes) is 2. The Morgan fingerprint density at radius 2 is 1.75 bits per heavy atom. The first-order valence-corrected chi connectivity index (χ1v) is 10.2. The van der Waals surface area contributed by atoms with Crippen LogP contribution in [0.4, 0.5) is 13.2 Å². The van der Waals surface area contributed by atoms with Crippen molar-refractivity contribution in [3.8, 4) is 0 Å². The van der Waals surface area contributed by atoms with E-state index in [1.807, 2.05) is 0 Å². The highest BCUT2D eigenvalue weighted by Gasteiger charge is 2.32. The van der Waals surface area contributed by atoms with Crippen LogP contribution in [0.2, 0.25) is 0 Å². The van der Waals surface area contributed by atoms with E-state index in [-0.39, 0.29) is 16.9 Å². The van der Waals surface area contributed by atoms with E-state index in [1.54, 1.807) is 34.9 Å². The Labute approximate surface area is 165 Å². The fraction of sp³-hybridized carbons (Fsp3) is 0.333. The van der Waals surface area contributed by atoms with Crippen LogP contribution in [0.5, 0.6) is 0 Å². The van der Waals surface area contributed by atoms with Gasteiger partial charge in [-0.2, -0.15) is 13.2 Å². The van der Waals surface area contributed by atoms with Gasteiger partial charge >= 0.3 is 6.18 Å². The number of fused-ring (bicyclic) bond motifs is 1. The second-order valence-electron chi connectivity index (χ2n) is 6.52. The fourth-order valence-electron chi connectivity index (χ4n) is 3.04. The Balaban J connectivity index is 1.96. The molecule has 0 atom stereocenters. The summed E-state index contributed by atoms with van der Waals surface area (Å²) < 4.78 is 41.3. The number of halogens is 3. The zero-order chi connectivity index (χ0) is 20.1. The molecule has 7 heteroatoms. The average molecular weight is 406 g/mol. The molecule has 148 valence electrons. The molecule has 3 nitrogen and oxygen atoms in total. The molecule has 0 radical (unpaired) electrons. The van der Waals surface area contributed by atoms with Crippen molar-refractivity contribution in [3.63, 3.8) is 0 Å². The fourth-order valence-corrected chi connectivity index (χ4v) is 4.07. The third kappa shape index (κ3) is 4.58. The van der Waals surface area contributed by atoms with Crippen molar-refractivity contribution in [3.05, 3.63) is 70.0 Å². The first kappa shape index (κ1) is 20.5. The van der Waals surface area contributed by atoms with Crippen LogP contribution >= 0.6 is 11.8 Å². The lowest BCUT2D eigenvalue weighted by Crippen LogP contribution is -2.23. The summed E-state index contributed by atoms with van der Waals surface area (Å²) in [6.07, 6.45) is -1.60. The normalized spacial score (nSPS) is 11.9. The molecule has 1 heterocycles. The number of benzene rings is 2. The summed E-state index contributed by atoms with van der Waals surface area (Å²) in [7, 11) is 0. The Kier molecular flexibility index (Phi) is 6.44. The minimum atomic E-state index is -4.41. The van der Waals surface area contributed by atoms with Crippen molar-refractivity contribution in [1.82, 2.24) is 9.55 Å². The molecule has 0 saturated heterocycles. The van der Waals surface area contributed by atoms with E-state index in [2.05, 4.69) is 11.9 Å². The zero-order valence-corrected chi connectivity index (χ0v) is 16.3.